The quantitative estimate of drug-likeness (QED) is 0.589. The van der Waals surface area contributed by atoms with E-state index in [1.165, 1.54) is 0 Å². The maximum Gasteiger partial charge on any atom is 0.245 e. The molecule has 4 rings (SSSR count). The monoisotopic (exact) mass is 296 g/mol. The number of nitrogen functional groups attached to an aromatic ring is 1. The molecule has 4 aromatic heterocycles. The first-order chi connectivity index (χ1) is 10.6. The molecule has 0 aliphatic rings. The van der Waals surface area contributed by atoms with Crippen molar-refractivity contribution in [1.29, 1.82) is 0 Å². The van der Waals surface area contributed by atoms with E-state index in [0.717, 1.165) is 5.69 Å². The minimum atomic E-state index is 0.426. The second-order valence-corrected chi connectivity index (χ2v) is 4.88. The van der Waals surface area contributed by atoms with E-state index in [4.69, 9.17) is 10.2 Å². The zero-order valence-corrected chi connectivity index (χ0v) is 11.9. The van der Waals surface area contributed by atoms with E-state index in [9.17, 15) is 0 Å². The van der Waals surface area contributed by atoms with Crippen molar-refractivity contribution in [3.05, 3.63) is 30.4 Å². The Bertz CT molecular complexity index is 966. The topological polar surface area (TPSA) is 113 Å². The Balaban J connectivity index is 1.98. The van der Waals surface area contributed by atoms with E-state index >= 15 is 0 Å². The fourth-order valence-corrected chi connectivity index (χ4v) is 2.32. The number of aromatic nitrogens is 7. The van der Waals surface area contributed by atoms with Gasteiger partial charge in [-0.15, -0.1) is 5.10 Å². The zero-order chi connectivity index (χ0) is 15.3. The van der Waals surface area contributed by atoms with E-state index in [2.05, 4.69) is 25.4 Å². The highest BCUT2D eigenvalue weighted by Crippen LogP contribution is 2.29. The number of pyridine rings is 1. The van der Waals surface area contributed by atoms with E-state index in [0.29, 0.717) is 34.1 Å². The molecule has 22 heavy (non-hydrogen) atoms. The Morgan fingerprint density at radius 3 is 2.82 bits per heavy atom. The Morgan fingerprint density at radius 1 is 1.27 bits per heavy atom. The van der Waals surface area contributed by atoms with Crippen LogP contribution in [-0.2, 0) is 7.05 Å². The van der Waals surface area contributed by atoms with Crippen LogP contribution in [0.5, 0.6) is 0 Å². The van der Waals surface area contributed by atoms with Crippen molar-refractivity contribution in [2.75, 3.05) is 5.73 Å². The van der Waals surface area contributed by atoms with Gasteiger partial charge >= 0.3 is 0 Å². The Morgan fingerprint density at radius 2 is 2.14 bits per heavy atom. The Labute approximate surface area is 124 Å². The second-order valence-electron chi connectivity index (χ2n) is 4.88. The molecule has 2 N–H and O–H groups in total. The summed E-state index contributed by atoms with van der Waals surface area (Å²) in [7, 11) is 1.79. The summed E-state index contributed by atoms with van der Waals surface area (Å²) in [5.74, 6) is 1.00. The highest BCUT2D eigenvalue weighted by Gasteiger charge is 2.18. The van der Waals surface area contributed by atoms with E-state index in [1.54, 1.807) is 41.1 Å². The fourth-order valence-electron chi connectivity index (χ4n) is 2.32. The predicted molar refractivity (Wildman–Crippen MR) is 78.1 cm³/mol. The third kappa shape index (κ3) is 1.75. The first-order valence-electron chi connectivity index (χ1n) is 6.56. The molecule has 0 aliphatic carbocycles. The zero-order valence-electron chi connectivity index (χ0n) is 11.9. The van der Waals surface area contributed by atoms with Crippen LogP contribution >= 0.6 is 0 Å². The maximum absolute atomic E-state index is 6.20. The molecule has 9 nitrogen and oxygen atoms in total. The molecule has 0 amide bonds. The van der Waals surface area contributed by atoms with Gasteiger partial charge in [0.2, 0.25) is 5.89 Å². The van der Waals surface area contributed by atoms with Gasteiger partial charge < -0.3 is 10.2 Å². The summed E-state index contributed by atoms with van der Waals surface area (Å²) in [5, 5.41) is 12.9. The fraction of sp³-hybridized carbons (Fsp3) is 0.154. The summed E-state index contributed by atoms with van der Waals surface area (Å²) in [6, 6.07) is 1.72. The molecular weight excluding hydrogens is 284 g/mol. The molecular formula is C13H12N8O. The average molecular weight is 296 g/mol. The maximum atomic E-state index is 6.20. The summed E-state index contributed by atoms with van der Waals surface area (Å²) in [6.07, 6.45) is 4.85. The van der Waals surface area contributed by atoms with Gasteiger partial charge in [-0.2, -0.15) is 9.78 Å². The van der Waals surface area contributed by atoms with Crippen LogP contribution < -0.4 is 5.73 Å². The van der Waals surface area contributed by atoms with Crippen molar-refractivity contribution in [2.45, 2.75) is 6.92 Å². The molecule has 0 unspecified atom stereocenters. The minimum Gasteiger partial charge on any atom is -0.443 e. The number of fused-ring (bicyclic) bond motifs is 1. The van der Waals surface area contributed by atoms with E-state index in [-0.39, 0.29) is 0 Å². The smallest absolute Gasteiger partial charge is 0.245 e. The van der Waals surface area contributed by atoms with Crippen LogP contribution in [0.2, 0.25) is 0 Å². The number of nitrogens with two attached hydrogens (primary N) is 1. The molecule has 0 saturated carbocycles. The lowest BCUT2D eigenvalue weighted by Crippen LogP contribution is -1.99. The molecule has 0 bridgehead atoms. The molecule has 4 aromatic rings. The summed E-state index contributed by atoms with van der Waals surface area (Å²) >= 11 is 0. The molecule has 4 heterocycles. The average Bonchev–Trinajstić information content (AvgIpc) is 3.19. The number of rotatable bonds is 2. The van der Waals surface area contributed by atoms with Crippen molar-refractivity contribution in [2.24, 2.45) is 7.05 Å². The number of oxazole rings is 1. The van der Waals surface area contributed by atoms with Crippen molar-refractivity contribution < 1.29 is 4.42 Å². The van der Waals surface area contributed by atoms with Crippen LogP contribution in [0, 0.1) is 6.92 Å². The van der Waals surface area contributed by atoms with Gasteiger partial charge in [0.1, 0.15) is 12.0 Å². The minimum absolute atomic E-state index is 0.426. The first kappa shape index (κ1) is 12.5. The highest BCUT2D eigenvalue weighted by atomic mass is 16.3. The summed E-state index contributed by atoms with van der Waals surface area (Å²) < 4.78 is 8.58. The molecule has 0 atom stereocenters. The molecule has 110 valence electrons. The second kappa shape index (κ2) is 4.38. The summed E-state index contributed by atoms with van der Waals surface area (Å²) in [6.45, 7) is 1.85. The van der Waals surface area contributed by atoms with Gasteiger partial charge in [-0.1, -0.05) is 5.21 Å². The van der Waals surface area contributed by atoms with Crippen molar-refractivity contribution in [1.82, 2.24) is 34.7 Å². The van der Waals surface area contributed by atoms with E-state index < -0.39 is 0 Å². The van der Waals surface area contributed by atoms with Crippen LogP contribution in [0.15, 0.2) is 29.1 Å². The largest absolute Gasteiger partial charge is 0.443 e. The van der Waals surface area contributed by atoms with Crippen LogP contribution in [0.4, 0.5) is 5.69 Å². The van der Waals surface area contributed by atoms with Crippen molar-refractivity contribution >= 4 is 16.7 Å². The molecule has 0 saturated heterocycles. The van der Waals surface area contributed by atoms with E-state index in [1.807, 2.05) is 6.92 Å². The van der Waals surface area contributed by atoms with Crippen LogP contribution in [-0.4, -0.2) is 34.7 Å². The summed E-state index contributed by atoms with van der Waals surface area (Å²) in [5.41, 5.74) is 8.68. The molecule has 9 heteroatoms. The molecule has 0 aliphatic heterocycles. The van der Waals surface area contributed by atoms with Gasteiger partial charge in [0.05, 0.1) is 23.5 Å². The number of aryl methyl sites for hydroxylation is 2. The molecule has 0 fully saturated rings. The van der Waals surface area contributed by atoms with Crippen LogP contribution in [0.1, 0.15) is 5.69 Å². The number of hydrogen-bond acceptors (Lipinski definition) is 7. The standard InChI is InChI=1S/C13H12N8O/c1-7-6-22-13(16-7)9-5-8(14)10-11(17-9)20(2)18-12(10)21-4-3-15-19-21/h3-6H,1-2H3,(H2,14,17). The van der Waals surface area contributed by atoms with Crippen molar-refractivity contribution in [3.8, 4) is 17.4 Å². The van der Waals surface area contributed by atoms with Gasteiger partial charge in [0.15, 0.2) is 11.5 Å². The Hall–Kier alpha value is -3.23. The number of anilines is 1. The normalized spacial score (nSPS) is 11.4. The van der Waals surface area contributed by atoms with Gasteiger partial charge in [0.25, 0.3) is 0 Å². The number of hydrogen-bond donors (Lipinski definition) is 1. The predicted octanol–water partition coefficient (Wildman–Crippen LogP) is 1.09. The van der Waals surface area contributed by atoms with Gasteiger partial charge in [-0.25, -0.2) is 14.6 Å². The van der Waals surface area contributed by atoms with Gasteiger partial charge in [0, 0.05) is 12.7 Å². The highest BCUT2D eigenvalue weighted by molar-refractivity contribution is 5.96. The third-order valence-corrected chi connectivity index (χ3v) is 3.28. The lowest BCUT2D eigenvalue weighted by atomic mass is 10.2. The lowest BCUT2D eigenvalue weighted by molar-refractivity contribution is 0.571. The molecule has 0 spiro atoms. The molecule has 0 aromatic carbocycles. The third-order valence-electron chi connectivity index (χ3n) is 3.28. The SMILES string of the molecule is Cc1coc(-c2cc(N)c3c(-n4ccnn4)nn(C)c3n2)n1. The summed E-state index contributed by atoms with van der Waals surface area (Å²) in [4.78, 5) is 8.83. The molecule has 0 radical (unpaired) electrons. The van der Waals surface area contributed by atoms with Crippen LogP contribution in [0.25, 0.3) is 28.4 Å². The van der Waals surface area contributed by atoms with Crippen molar-refractivity contribution in [3.63, 3.8) is 0 Å². The van der Waals surface area contributed by atoms with Gasteiger partial charge in [-0.05, 0) is 13.0 Å². The van der Waals surface area contributed by atoms with Crippen LogP contribution in [0.3, 0.4) is 0 Å². The van der Waals surface area contributed by atoms with Gasteiger partial charge in [-0.3, -0.25) is 0 Å². The number of nitrogens with zero attached hydrogens (tertiary/aromatic N) is 7. The first-order valence-corrected chi connectivity index (χ1v) is 6.56. The Kier molecular flexibility index (Phi) is 2.49. The lowest BCUT2D eigenvalue weighted by Gasteiger charge is -2.02.